The van der Waals surface area contributed by atoms with Crippen molar-refractivity contribution in [3.63, 3.8) is 0 Å². The Balaban J connectivity index is 2.11. The average molecular weight is 449 g/mol. The van der Waals surface area contributed by atoms with E-state index in [9.17, 15) is 8.42 Å². The van der Waals surface area contributed by atoms with E-state index in [0.29, 0.717) is 5.75 Å². The van der Waals surface area contributed by atoms with Crippen molar-refractivity contribution in [3.8, 4) is 11.5 Å². The molecule has 12 heteroatoms. The van der Waals surface area contributed by atoms with E-state index in [1.165, 1.54) is 44.6 Å². The summed E-state index contributed by atoms with van der Waals surface area (Å²) in [6.45, 7) is 0. The van der Waals surface area contributed by atoms with Gasteiger partial charge in [0.2, 0.25) is 5.17 Å². The molecular weight excluding hydrogens is 431 g/mol. The number of halogens is 3. The van der Waals surface area contributed by atoms with Gasteiger partial charge in [0, 0.05) is 11.6 Å². The first-order valence-corrected chi connectivity index (χ1v) is 11.9. The van der Waals surface area contributed by atoms with Crippen molar-refractivity contribution >= 4 is 30.2 Å². The van der Waals surface area contributed by atoms with Gasteiger partial charge in [0.15, 0.2) is 0 Å². The second-order valence-corrected chi connectivity index (χ2v) is 11.6. The lowest BCUT2D eigenvalue weighted by Gasteiger charge is -2.50. The van der Waals surface area contributed by atoms with Crippen LogP contribution in [0.5, 0.6) is 11.5 Å². The minimum absolute atomic E-state index is 0.0529. The lowest BCUT2D eigenvalue weighted by atomic mass is 10.2. The Morgan fingerprint density at radius 3 is 2.38 bits per heavy atom. The van der Waals surface area contributed by atoms with E-state index in [2.05, 4.69) is 9.50 Å². The van der Waals surface area contributed by atoms with E-state index >= 15 is 11.7 Å². The number of methoxy groups -OCH3 is 2. The highest BCUT2D eigenvalue weighted by Crippen LogP contribution is 2.95. The highest BCUT2D eigenvalue weighted by Gasteiger charge is 2.70. The van der Waals surface area contributed by atoms with Gasteiger partial charge in [-0.25, -0.2) is 0 Å². The van der Waals surface area contributed by atoms with Crippen LogP contribution in [0.2, 0.25) is 0 Å². The summed E-state index contributed by atoms with van der Waals surface area (Å²) in [4.78, 5) is -0.358. The second kappa shape index (κ2) is 6.39. The maximum atomic E-state index is 15.7. The number of hydrazone groups is 1. The molecular formula is C17H18F3N3O4S2. The molecule has 3 rings (SSSR count). The van der Waals surface area contributed by atoms with Gasteiger partial charge in [0.1, 0.15) is 26.5 Å². The molecule has 0 atom stereocenters. The summed E-state index contributed by atoms with van der Waals surface area (Å²) in [5, 5.41) is 1.47. The van der Waals surface area contributed by atoms with Crippen LogP contribution in [0, 0.1) is 0 Å². The summed E-state index contributed by atoms with van der Waals surface area (Å²) >= 11 is 0. The Labute approximate surface area is 165 Å². The van der Waals surface area contributed by atoms with Crippen molar-refractivity contribution in [2.24, 2.45) is 9.50 Å². The Hall–Kier alpha value is -2.73. The van der Waals surface area contributed by atoms with E-state index in [1.54, 1.807) is 11.5 Å². The molecule has 1 aliphatic heterocycles. The number of amidine groups is 1. The van der Waals surface area contributed by atoms with Crippen LogP contribution in [0.25, 0.3) is 0 Å². The molecule has 29 heavy (non-hydrogen) atoms. The summed E-state index contributed by atoms with van der Waals surface area (Å²) in [5.74, 6) is -1.23. The first-order valence-electron chi connectivity index (χ1n) is 8.09. The molecule has 158 valence electrons. The maximum Gasteiger partial charge on any atom is 0.284 e. The average Bonchev–Trinajstić information content (AvgIpc) is 2.93. The van der Waals surface area contributed by atoms with E-state index in [0.717, 1.165) is 12.1 Å². The Kier molecular flexibility index (Phi) is 4.62. The summed E-state index contributed by atoms with van der Waals surface area (Å²) < 4.78 is 85.0. The highest BCUT2D eigenvalue weighted by molar-refractivity contribution is 8.72. The molecule has 0 unspecified atom stereocenters. The second-order valence-electron chi connectivity index (χ2n) is 6.28. The van der Waals surface area contributed by atoms with Gasteiger partial charge < -0.3 is 9.47 Å². The number of ether oxygens (including phenoxy) is 2. The van der Waals surface area contributed by atoms with Gasteiger partial charge in [0.25, 0.3) is 10.0 Å². The van der Waals surface area contributed by atoms with Gasteiger partial charge in [-0.15, -0.1) is 16.1 Å². The minimum atomic E-state index is -7.88. The molecule has 0 amide bonds. The lowest BCUT2D eigenvalue weighted by molar-refractivity contribution is 0.391. The smallest absolute Gasteiger partial charge is 0.284 e. The van der Waals surface area contributed by atoms with E-state index < -0.39 is 30.4 Å². The van der Waals surface area contributed by atoms with Crippen LogP contribution in [0.4, 0.5) is 11.7 Å². The molecule has 0 spiro atoms. The predicted molar refractivity (Wildman–Crippen MR) is 107 cm³/mol. The first-order chi connectivity index (χ1) is 13.4. The molecule has 1 aliphatic rings. The normalized spacial score (nSPS) is 22.6. The first kappa shape index (κ1) is 21.0. The third kappa shape index (κ3) is 3.90. The number of rotatable bonds is 6. The molecule has 0 bridgehead atoms. The summed E-state index contributed by atoms with van der Waals surface area (Å²) in [6.07, 6.45) is 0. The van der Waals surface area contributed by atoms with Gasteiger partial charge in [-0.1, -0.05) is 24.3 Å². The van der Waals surface area contributed by atoms with Crippen molar-refractivity contribution < 1.29 is 29.5 Å². The van der Waals surface area contributed by atoms with E-state index in [-0.39, 0.29) is 21.8 Å². The maximum absolute atomic E-state index is 15.7. The fourth-order valence-corrected chi connectivity index (χ4v) is 6.34. The Morgan fingerprint density at radius 1 is 1.07 bits per heavy atom. The molecule has 0 aliphatic carbocycles. The van der Waals surface area contributed by atoms with Crippen LogP contribution in [0.15, 0.2) is 62.9 Å². The number of benzene rings is 2. The number of nitrogens with one attached hydrogen (secondary N) is 1. The zero-order valence-corrected chi connectivity index (χ0v) is 17.0. The van der Waals surface area contributed by atoms with Gasteiger partial charge in [0.05, 0.1) is 24.9 Å². The van der Waals surface area contributed by atoms with Crippen molar-refractivity contribution in [2.75, 3.05) is 14.2 Å². The molecule has 1 N–H and O–H groups in total. The topological polar surface area (TPSA) is 89.4 Å². The molecule has 0 saturated heterocycles. The minimum Gasteiger partial charge on any atom is -0.497 e. The fourth-order valence-electron chi connectivity index (χ4n) is 2.65. The van der Waals surface area contributed by atoms with Crippen LogP contribution >= 0.6 is 9.45 Å². The highest BCUT2D eigenvalue weighted by atomic mass is 32.4. The molecule has 0 fully saturated rings. The lowest BCUT2D eigenvalue weighted by Crippen LogP contribution is -2.35. The van der Waals surface area contributed by atoms with Gasteiger partial charge in [-0.2, -0.15) is 13.5 Å². The van der Waals surface area contributed by atoms with Gasteiger partial charge in [-0.05, 0) is 18.2 Å². The third-order valence-electron chi connectivity index (χ3n) is 4.14. The molecule has 0 aromatic heterocycles. The van der Waals surface area contributed by atoms with Crippen LogP contribution < -0.4 is 14.9 Å². The van der Waals surface area contributed by atoms with E-state index in [1.807, 2.05) is 0 Å². The van der Waals surface area contributed by atoms with Crippen LogP contribution in [0.3, 0.4) is 0 Å². The fraction of sp³-hybridized carbons (Fsp3) is 0.176. The molecule has 0 saturated carbocycles. The van der Waals surface area contributed by atoms with Crippen molar-refractivity contribution in [1.29, 1.82) is 0 Å². The number of hydrogen-bond acceptors (Lipinski definition) is 5. The van der Waals surface area contributed by atoms with Crippen LogP contribution in [-0.4, -0.2) is 33.4 Å². The predicted octanol–water partition coefficient (Wildman–Crippen LogP) is 4.02. The molecule has 2 aromatic rings. The summed E-state index contributed by atoms with van der Waals surface area (Å²) in [7, 11) is -9.88. The SMILES string of the molecule is COc1ccc(CS2(F)(F)(F)C=NN/C2=N\S(=O)(=O)c2ccccc2)c(OC)c1. The van der Waals surface area contributed by atoms with Gasteiger partial charge >= 0.3 is 0 Å². The zero-order valence-electron chi connectivity index (χ0n) is 15.4. The zero-order chi connectivity index (χ0) is 21.4. The number of hydrogen-bond donors (Lipinski definition) is 1. The molecule has 0 radical (unpaired) electrons. The number of nitrogens with zero attached hydrogens (tertiary/aromatic N) is 2. The largest absolute Gasteiger partial charge is 0.497 e. The van der Waals surface area contributed by atoms with Gasteiger partial charge in [-0.3, -0.25) is 5.43 Å². The van der Waals surface area contributed by atoms with E-state index in [4.69, 9.17) is 9.47 Å². The van der Waals surface area contributed by atoms with Crippen LogP contribution in [0.1, 0.15) is 5.56 Å². The third-order valence-corrected chi connectivity index (χ3v) is 8.21. The van der Waals surface area contributed by atoms with Crippen LogP contribution in [-0.2, 0) is 15.8 Å². The molecule has 7 nitrogen and oxygen atoms in total. The Bertz CT molecular complexity index is 1130. The molecule has 1 heterocycles. The quantitative estimate of drug-likeness (QED) is 0.719. The van der Waals surface area contributed by atoms with Crippen molar-refractivity contribution in [1.82, 2.24) is 5.43 Å². The summed E-state index contributed by atoms with van der Waals surface area (Å²) in [5.41, 5.74) is 1.35. The van der Waals surface area contributed by atoms with Crippen molar-refractivity contribution in [3.05, 3.63) is 54.1 Å². The Morgan fingerprint density at radius 2 is 1.76 bits per heavy atom. The summed E-state index contributed by atoms with van der Waals surface area (Å²) in [6, 6.07) is 10.5. The van der Waals surface area contributed by atoms with Crippen molar-refractivity contribution in [2.45, 2.75) is 10.6 Å². The standard InChI is InChI=1S/C17H18F3N3O4S2/c1-26-14-9-8-13(16(10-14)27-2)11-29(18,19,20)12-21-22-17(29)23-28(24,25)15-6-4-3-5-7-15/h3-10,12H,11H2,1-2H3,(H,22,23). The molecule has 2 aromatic carbocycles. The monoisotopic (exact) mass is 449 g/mol. The number of sulfonamides is 1.